The first-order chi connectivity index (χ1) is 11.0. The molecular weight excluding hydrogens is 296 g/mol. The van der Waals surface area contributed by atoms with Crippen molar-refractivity contribution in [3.05, 3.63) is 71.3 Å². The molecule has 23 heavy (non-hydrogen) atoms. The number of aliphatic hydroxyl groups excluding tert-OH is 1. The minimum absolute atomic E-state index is 0.190. The predicted molar refractivity (Wildman–Crippen MR) is 86.8 cm³/mol. The second-order valence-electron chi connectivity index (χ2n) is 5.13. The SMILES string of the molecule is CC(CO)Cc1ccccc1.O=C(O)c1ccccc1C(=O)O. The Labute approximate surface area is 134 Å². The lowest BCUT2D eigenvalue weighted by molar-refractivity contribution is 0.0651. The van der Waals surface area contributed by atoms with Gasteiger partial charge >= 0.3 is 11.9 Å². The molecule has 0 aliphatic rings. The molecule has 1 atom stereocenters. The Hall–Kier alpha value is -2.66. The van der Waals surface area contributed by atoms with E-state index >= 15 is 0 Å². The van der Waals surface area contributed by atoms with Gasteiger partial charge in [0, 0.05) is 6.61 Å². The first kappa shape index (κ1) is 18.4. The van der Waals surface area contributed by atoms with Crippen LogP contribution < -0.4 is 0 Å². The number of aromatic carboxylic acids is 2. The van der Waals surface area contributed by atoms with Crippen molar-refractivity contribution in [2.24, 2.45) is 5.92 Å². The second kappa shape index (κ2) is 9.38. The van der Waals surface area contributed by atoms with Crippen LogP contribution in [-0.4, -0.2) is 33.9 Å². The number of carbonyl (C=O) groups is 2. The molecule has 0 bridgehead atoms. The summed E-state index contributed by atoms with van der Waals surface area (Å²) in [5, 5.41) is 25.9. The molecule has 5 nitrogen and oxygen atoms in total. The maximum absolute atomic E-state index is 10.5. The Bertz CT molecular complexity index is 604. The third-order valence-corrected chi connectivity index (χ3v) is 3.13. The highest BCUT2D eigenvalue weighted by atomic mass is 16.4. The van der Waals surface area contributed by atoms with Gasteiger partial charge in [0.25, 0.3) is 0 Å². The van der Waals surface area contributed by atoms with Crippen LogP contribution in [0.25, 0.3) is 0 Å². The molecule has 2 rings (SSSR count). The van der Waals surface area contributed by atoms with Crippen LogP contribution in [0.15, 0.2) is 54.6 Å². The van der Waals surface area contributed by atoms with Crippen LogP contribution in [0.3, 0.4) is 0 Å². The summed E-state index contributed by atoms with van der Waals surface area (Å²) in [5.74, 6) is -2.08. The lowest BCUT2D eigenvalue weighted by Gasteiger charge is -2.06. The molecule has 0 radical (unpaired) electrons. The van der Waals surface area contributed by atoms with Crippen LogP contribution in [0, 0.1) is 5.92 Å². The number of hydrogen-bond donors (Lipinski definition) is 3. The van der Waals surface area contributed by atoms with Gasteiger partial charge < -0.3 is 15.3 Å². The van der Waals surface area contributed by atoms with Crippen molar-refractivity contribution >= 4 is 11.9 Å². The number of carboxylic acid groups (broad SMARTS) is 2. The molecule has 0 aliphatic heterocycles. The van der Waals surface area contributed by atoms with Crippen molar-refractivity contribution in [3.8, 4) is 0 Å². The molecule has 0 fully saturated rings. The fourth-order valence-electron chi connectivity index (χ4n) is 1.94. The first-order valence-electron chi connectivity index (χ1n) is 7.16. The number of carboxylic acids is 2. The van der Waals surface area contributed by atoms with Crippen molar-refractivity contribution in [2.45, 2.75) is 13.3 Å². The summed E-state index contributed by atoms with van der Waals surface area (Å²) >= 11 is 0. The van der Waals surface area contributed by atoms with Crippen LogP contribution in [0.5, 0.6) is 0 Å². The van der Waals surface area contributed by atoms with Gasteiger partial charge in [0.05, 0.1) is 11.1 Å². The topological polar surface area (TPSA) is 94.8 Å². The summed E-state index contributed by atoms with van der Waals surface area (Å²) in [5.41, 5.74) is 0.920. The summed E-state index contributed by atoms with van der Waals surface area (Å²) in [6.07, 6.45) is 0.970. The van der Waals surface area contributed by atoms with E-state index in [1.807, 2.05) is 25.1 Å². The number of aliphatic hydroxyl groups is 1. The molecule has 3 N–H and O–H groups in total. The van der Waals surface area contributed by atoms with Crippen LogP contribution >= 0.6 is 0 Å². The van der Waals surface area contributed by atoms with Gasteiger partial charge in [-0.25, -0.2) is 9.59 Å². The zero-order chi connectivity index (χ0) is 17.2. The normalized spacial score (nSPS) is 11.0. The fraction of sp³-hybridized carbons (Fsp3) is 0.222. The van der Waals surface area contributed by atoms with Gasteiger partial charge in [0.2, 0.25) is 0 Å². The fourth-order valence-corrected chi connectivity index (χ4v) is 1.94. The van der Waals surface area contributed by atoms with Gasteiger partial charge in [-0.15, -0.1) is 0 Å². The van der Waals surface area contributed by atoms with E-state index in [2.05, 4.69) is 12.1 Å². The number of hydrogen-bond acceptors (Lipinski definition) is 3. The maximum atomic E-state index is 10.5. The minimum atomic E-state index is -1.23. The average Bonchev–Trinajstić information content (AvgIpc) is 2.56. The van der Waals surface area contributed by atoms with E-state index in [4.69, 9.17) is 15.3 Å². The Balaban J connectivity index is 0.000000231. The molecule has 2 aromatic carbocycles. The number of benzene rings is 2. The molecule has 0 amide bonds. The Kier molecular flexibility index (Phi) is 7.50. The van der Waals surface area contributed by atoms with Gasteiger partial charge in [0.1, 0.15) is 0 Å². The van der Waals surface area contributed by atoms with Crippen molar-refractivity contribution in [1.29, 1.82) is 0 Å². The molecule has 122 valence electrons. The Morgan fingerprint density at radius 3 is 1.70 bits per heavy atom. The van der Waals surface area contributed by atoms with Gasteiger partial charge in [-0.3, -0.25) is 0 Å². The van der Waals surface area contributed by atoms with Crippen LogP contribution in [0.2, 0.25) is 0 Å². The highest BCUT2D eigenvalue weighted by Crippen LogP contribution is 2.08. The van der Waals surface area contributed by atoms with Crippen molar-refractivity contribution in [2.75, 3.05) is 6.61 Å². The van der Waals surface area contributed by atoms with Crippen molar-refractivity contribution in [3.63, 3.8) is 0 Å². The monoisotopic (exact) mass is 316 g/mol. The molecule has 0 aromatic heterocycles. The maximum Gasteiger partial charge on any atom is 0.336 e. The van der Waals surface area contributed by atoms with E-state index in [-0.39, 0.29) is 17.7 Å². The molecule has 0 saturated heterocycles. The largest absolute Gasteiger partial charge is 0.478 e. The van der Waals surface area contributed by atoms with E-state index < -0.39 is 11.9 Å². The van der Waals surface area contributed by atoms with E-state index in [9.17, 15) is 9.59 Å². The van der Waals surface area contributed by atoms with Crippen molar-refractivity contribution < 1.29 is 24.9 Å². The standard InChI is InChI=1S/C10H14O.C8H6O4/c1-9(8-11)7-10-5-3-2-4-6-10;9-7(10)5-3-1-2-4-6(5)8(11)12/h2-6,9,11H,7-8H2,1H3;1-4H,(H,9,10)(H,11,12). The third-order valence-electron chi connectivity index (χ3n) is 3.13. The van der Waals surface area contributed by atoms with E-state index in [1.54, 1.807) is 0 Å². The first-order valence-corrected chi connectivity index (χ1v) is 7.16. The molecule has 2 aromatic rings. The average molecular weight is 316 g/mol. The van der Waals surface area contributed by atoms with Crippen LogP contribution in [-0.2, 0) is 6.42 Å². The second-order valence-corrected chi connectivity index (χ2v) is 5.13. The van der Waals surface area contributed by atoms with Gasteiger partial charge in [0.15, 0.2) is 0 Å². The van der Waals surface area contributed by atoms with Gasteiger partial charge in [-0.1, -0.05) is 49.4 Å². The van der Waals surface area contributed by atoms with Crippen LogP contribution in [0.1, 0.15) is 33.2 Å². The summed E-state index contributed by atoms with van der Waals surface area (Å²) in [4.78, 5) is 20.9. The Morgan fingerprint density at radius 2 is 1.30 bits per heavy atom. The van der Waals surface area contributed by atoms with E-state index in [0.717, 1.165) is 6.42 Å². The summed E-state index contributed by atoms with van der Waals surface area (Å²) in [6.45, 7) is 2.32. The molecule has 0 aliphatic carbocycles. The zero-order valence-corrected chi connectivity index (χ0v) is 12.8. The zero-order valence-electron chi connectivity index (χ0n) is 12.8. The molecule has 0 heterocycles. The lowest BCUT2D eigenvalue weighted by atomic mass is 10.0. The van der Waals surface area contributed by atoms with E-state index in [1.165, 1.54) is 29.8 Å². The quantitative estimate of drug-likeness (QED) is 0.788. The molecule has 0 spiro atoms. The van der Waals surface area contributed by atoms with Crippen LogP contribution in [0.4, 0.5) is 0 Å². The summed E-state index contributed by atoms with van der Waals surface area (Å²) < 4.78 is 0. The predicted octanol–water partition coefficient (Wildman–Crippen LogP) is 2.94. The van der Waals surface area contributed by atoms with Crippen molar-refractivity contribution in [1.82, 2.24) is 0 Å². The van der Waals surface area contributed by atoms with Gasteiger partial charge in [-0.2, -0.15) is 0 Å². The summed E-state index contributed by atoms with van der Waals surface area (Å²) in [6, 6.07) is 15.7. The highest BCUT2D eigenvalue weighted by Gasteiger charge is 2.13. The highest BCUT2D eigenvalue weighted by molar-refractivity contribution is 6.01. The third kappa shape index (κ3) is 6.32. The lowest BCUT2D eigenvalue weighted by Crippen LogP contribution is -2.06. The smallest absolute Gasteiger partial charge is 0.336 e. The van der Waals surface area contributed by atoms with E-state index in [0.29, 0.717) is 5.92 Å². The molecule has 1 unspecified atom stereocenters. The molecular formula is C18H20O5. The Morgan fingerprint density at radius 1 is 0.870 bits per heavy atom. The minimum Gasteiger partial charge on any atom is -0.478 e. The molecule has 0 saturated carbocycles. The number of rotatable bonds is 5. The van der Waals surface area contributed by atoms with Gasteiger partial charge in [-0.05, 0) is 30.0 Å². The molecule has 5 heteroatoms. The summed E-state index contributed by atoms with van der Waals surface area (Å²) in [7, 11) is 0.